The summed E-state index contributed by atoms with van der Waals surface area (Å²) in [5, 5.41) is 6.42. The standard InChI is InChI=1S/C19H28N2O2/c22-18(16-8-4-3-5-9-16)12-13-19(23)21-15-14-20-17-10-6-1-2-7-11-17/h3-5,8-9,17,20H,1-2,6-7,10-15H2,(H,21,23). The lowest BCUT2D eigenvalue weighted by Crippen LogP contribution is -2.36. The fourth-order valence-electron chi connectivity index (χ4n) is 3.05. The van der Waals surface area contributed by atoms with Crippen molar-refractivity contribution in [3.8, 4) is 0 Å². The summed E-state index contributed by atoms with van der Waals surface area (Å²) >= 11 is 0. The van der Waals surface area contributed by atoms with Crippen LogP contribution in [-0.4, -0.2) is 30.8 Å². The van der Waals surface area contributed by atoms with E-state index in [9.17, 15) is 9.59 Å². The van der Waals surface area contributed by atoms with Crippen LogP contribution < -0.4 is 10.6 Å². The molecule has 2 rings (SSSR count). The maximum Gasteiger partial charge on any atom is 0.220 e. The lowest BCUT2D eigenvalue weighted by atomic mass is 10.1. The molecule has 1 amide bonds. The summed E-state index contributed by atoms with van der Waals surface area (Å²) in [6.45, 7) is 1.44. The minimum Gasteiger partial charge on any atom is -0.355 e. The maximum atomic E-state index is 11.9. The molecular formula is C19H28N2O2. The van der Waals surface area contributed by atoms with E-state index in [0.717, 1.165) is 6.54 Å². The van der Waals surface area contributed by atoms with Crippen molar-refractivity contribution in [2.45, 2.75) is 57.4 Å². The molecule has 0 spiro atoms. The molecule has 1 aromatic rings. The monoisotopic (exact) mass is 316 g/mol. The first-order valence-electron chi connectivity index (χ1n) is 8.84. The van der Waals surface area contributed by atoms with Crippen LogP contribution in [0.2, 0.25) is 0 Å². The lowest BCUT2D eigenvalue weighted by molar-refractivity contribution is -0.121. The summed E-state index contributed by atoms with van der Waals surface area (Å²) in [6.07, 6.45) is 8.36. The van der Waals surface area contributed by atoms with Gasteiger partial charge in [-0.25, -0.2) is 0 Å². The predicted octanol–water partition coefficient (Wildman–Crippen LogP) is 3.08. The molecule has 0 unspecified atom stereocenters. The topological polar surface area (TPSA) is 58.2 Å². The Hall–Kier alpha value is -1.68. The van der Waals surface area contributed by atoms with Crippen LogP contribution in [0.4, 0.5) is 0 Å². The van der Waals surface area contributed by atoms with Crippen LogP contribution in [0.3, 0.4) is 0 Å². The SMILES string of the molecule is O=C(CCC(=O)c1ccccc1)NCCNC1CCCCCC1. The molecule has 23 heavy (non-hydrogen) atoms. The molecule has 1 aliphatic carbocycles. The second-order valence-electron chi connectivity index (χ2n) is 6.28. The molecule has 0 aromatic heterocycles. The zero-order valence-electron chi connectivity index (χ0n) is 13.9. The maximum absolute atomic E-state index is 11.9. The third-order valence-corrected chi connectivity index (χ3v) is 4.41. The second-order valence-corrected chi connectivity index (χ2v) is 6.28. The largest absolute Gasteiger partial charge is 0.355 e. The van der Waals surface area contributed by atoms with Gasteiger partial charge in [0.2, 0.25) is 5.91 Å². The lowest BCUT2D eigenvalue weighted by Gasteiger charge is -2.16. The van der Waals surface area contributed by atoms with Gasteiger partial charge in [0.15, 0.2) is 5.78 Å². The first-order valence-corrected chi connectivity index (χ1v) is 8.84. The average molecular weight is 316 g/mol. The number of nitrogens with one attached hydrogen (secondary N) is 2. The van der Waals surface area contributed by atoms with Crippen LogP contribution in [0.15, 0.2) is 30.3 Å². The third-order valence-electron chi connectivity index (χ3n) is 4.41. The Balaban J connectivity index is 1.55. The quantitative estimate of drug-likeness (QED) is 0.440. The Labute approximate surface area is 139 Å². The number of hydrogen-bond acceptors (Lipinski definition) is 3. The van der Waals surface area contributed by atoms with Crippen molar-refractivity contribution >= 4 is 11.7 Å². The van der Waals surface area contributed by atoms with Gasteiger partial charge in [-0.15, -0.1) is 0 Å². The molecule has 1 aliphatic rings. The normalized spacial score (nSPS) is 15.8. The minimum absolute atomic E-state index is 0.0253. The zero-order chi connectivity index (χ0) is 16.3. The molecular weight excluding hydrogens is 288 g/mol. The Morgan fingerprint density at radius 2 is 1.61 bits per heavy atom. The van der Waals surface area contributed by atoms with Crippen molar-refractivity contribution in [1.82, 2.24) is 10.6 Å². The molecule has 1 saturated carbocycles. The molecule has 0 radical (unpaired) electrons. The van der Waals surface area contributed by atoms with E-state index in [2.05, 4.69) is 10.6 Å². The van der Waals surface area contributed by atoms with Gasteiger partial charge in [-0.3, -0.25) is 9.59 Å². The zero-order valence-corrected chi connectivity index (χ0v) is 13.9. The number of carbonyl (C=O) groups excluding carboxylic acids is 2. The first kappa shape index (κ1) is 17.7. The van der Waals surface area contributed by atoms with Gasteiger partial charge in [-0.1, -0.05) is 56.0 Å². The Morgan fingerprint density at radius 1 is 0.913 bits per heavy atom. The second kappa shape index (κ2) is 10.2. The fraction of sp³-hybridized carbons (Fsp3) is 0.579. The van der Waals surface area contributed by atoms with E-state index in [-0.39, 0.29) is 24.5 Å². The van der Waals surface area contributed by atoms with Crippen molar-refractivity contribution in [3.05, 3.63) is 35.9 Å². The summed E-state index contributed by atoms with van der Waals surface area (Å²) < 4.78 is 0. The molecule has 1 aromatic carbocycles. The summed E-state index contributed by atoms with van der Waals surface area (Å²) in [5.41, 5.74) is 0.676. The van der Waals surface area contributed by atoms with Crippen LogP contribution in [0.5, 0.6) is 0 Å². The van der Waals surface area contributed by atoms with Crippen LogP contribution >= 0.6 is 0 Å². The summed E-state index contributed by atoms with van der Waals surface area (Å²) in [6, 6.07) is 9.74. The van der Waals surface area contributed by atoms with E-state index in [1.165, 1.54) is 38.5 Å². The predicted molar refractivity (Wildman–Crippen MR) is 92.5 cm³/mol. The van der Waals surface area contributed by atoms with E-state index in [1.807, 2.05) is 18.2 Å². The molecule has 0 atom stereocenters. The van der Waals surface area contributed by atoms with Crippen LogP contribution in [0.1, 0.15) is 61.7 Å². The van der Waals surface area contributed by atoms with Crippen molar-refractivity contribution in [2.24, 2.45) is 0 Å². The summed E-state index contributed by atoms with van der Waals surface area (Å²) in [4.78, 5) is 23.7. The Bertz CT molecular complexity index is 479. The van der Waals surface area contributed by atoms with E-state index in [0.29, 0.717) is 18.2 Å². The van der Waals surface area contributed by atoms with Crippen molar-refractivity contribution < 1.29 is 9.59 Å². The molecule has 0 saturated heterocycles. The summed E-state index contributed by atoms with van der Waals surface area (Å²) in [5.74, 6) is -0.0192. The molecule has 0 heterocycles. The van der Waals surface area contributed by atoms with Crippen molar-refractivity contribution in [1.29, 1.82) is 0 Å². The smallest absolute Gasteiger partial charge is 0.220 e. The van der Waals surface area contributed by atoms with Crippen LogP contribution in [0.25, 0.3) is 0 Å². The molecule has 0 aliphatic heterocycles. The van der Waals surface area contributed by atoms with Gasteiger partial charge < -0.3 is 10.6 Å². The van der Waals surface area contributed by atoms with E-state index >= 15 is 0 Å². The van der Waals surface area contributed by atoms with E-state index < -0.39 is 0 Å². The molecule has 2 N–H and O–H groups in total. The van der Waals surface area contributed by atoms with Gasteiger partial charge in [0.1, 0.15) is 0 Å². The van der Waals surface area contributed by atoms with Crippen LogP contribution in [0, 0.1) is 0 Å². The van der Waals surface area contributed by atoms with Crippen molar-refractivity contribution in [3.63, 3.8) is 0 Å². The van der Waals surface area contributed by atoms with Gasteiger partial charge in [0.25, 0.3) is 0 Å². The highest BCUT2D eigenvalue weighted by Crippen LogP contribution is 2.16. The van der Waals surface area contributed by atoms with E-state index in [4.69, 9.17) is 0 Å². The molecule has 126 valence electrons. The highest BCUT2D eigenvalue weighted by atomic mass is 16.2. The number of carbonyl (C=O) groups is 2. The fourth-order valence-corrected chi connectivity index (χ4v) is 3.05. The third kappa shape index (κ3) is 6.95. The Morgan fingerprint density at radius 3 is 2.30 bits per heavy atom. The van der Waals surface area contributed by atoms with Crippen molar-refractivity contribution in [2.75, 3.05) is 13.1 Å². The first-order chi connectivity index (χ1) is 11.3. The minimum atomic E-state index is -0.0445. The number of hydrogen-bond donors (Lipinski definition) is 2. The van der Waals surface area contributed by atoms with Gasteiger partial charge in [-0.2, -0.15) is 0 Å². The number of amides is 1. The summed E-state index contributed by atoms with van der Waals surface area (Å²) in [7, 11) is 0. The van der Waals surface area contributed by atoms with Gasteiger partial charge in [-0.05, 0) is 12.8 Å². The molecule has 1 fully saturated rings. The van der Waals surface area contributed by atoms with Gasteiger partial charge in [0, 0.05) is 37.5 Å². The van der Waals surface area contributed by atoms with Gasteiger partial charge >= 0.3 is 0 Å². The number of benzene rings is 1. The van der Waals surface area contributed by atoms with Gasteiger partial charge in [0.05, 0.1) is 0 Å². The number of ketones is 1. The number of Topliss-reactive ketones (excluding diaryl/α,β-unsaturated/α-hetero) is 1. The highest BCUT2D eigenvalue weighted by molar-refractivity contribution is 5.97. The molecule has 4 nitrogen and oxygen atoms in total. The van der Waals surface area contributed by atoms with E-state index in [1.54, 1.807) is 12.1 Å². The molecule has 4 heteroatoms. The number of rotatable bonds is 8. The van der Waals surface area contributed by atoms with Crippen LogP contribution in [-0.2, 0) is 4.79 Å². The average Bonchev–Trinajstić information content (AvgIpc) is 2.86. The molecule has 0 bridgehead atoms. The Kier molecular flexibility index (Phi) is 7.81. The highest BCUT2D eigenvalue weighted by Gasteiger charge is 2.11.